The molecule has 0 amide bonds. The van der Waals surface area contributed by atoms with E-state index in [9.17, 15) is 0 Å². The van der Waals surface area contributed by atoms with Gasteiger partial charge in [0, 0.05) is 12.6 Å². The summed E-state index contributed by atoms with van der Waals surface area (Å²) in [6, 6.07) is 9.85. The highest BCUT2D eigenvalue weighted by Crippen LogP contribution is 2.20. The van der Waals surface area contributed by atoms with Crippen LogP contribution in [-0.2, 0) is 6.54 Å². The molecule has 27 heavy (non-hydrogen) atoms. The SMILES string of the molecule is [C-]#[N+]c1cnc(Nc2cc3c(cn2)ncn3Cc2ccc(OC)cc2)cn1. The molecule has 8 heteroatoms. The lowest BCUT2D eigenvalue weighted by Crippen LogP contribution is -2.00. The fourth-order valence-electron chi connectivity index (χ4n) is 2.66. The van der Waals surface area contributed by atoms with Crippen molar-refractivity contribution >= 4 is 28.5 Å². The van der Waals surface area contributed by atoms with Gasteiger partial charge in [0.25, 0.3) is 5.82 Å². The predicted molar refractivity (Wildman–Crippen MR) is 101 cm³/mol. The molecule has 0 aliphatic heterocycles. The van der Waals surface area contributed by atoms with Gasteiger partial charge in [-0.1, -0.05) is 18.7 Å². The first-order valence-corrected chi connectivity index (χ1v) is 8.15. The van der Waals surface area contributed by atoms with Crippen LogP contribution >= 0.6 is 0 Å². The summed E-state index contributed by atoms with van der Waals surface area (Å²) in [6.45, 7) is 7.60. The third-order valence-corrected chi connectivity index (χ3v) is 4.03. The van der Waals surface area contributed by atoms with Crippen LogP contribution in [0.5, 0.6) is 5.75 Å². The Labute approximate surface area is 155 Å². The van der Waals surface area contributed by atoms with E-state index in [2.05, 4.69) is 34.7 Å². The number of hydrogen-bond donors (Lipinski definition) is 1. The molecule has 0 fully saturated rings. The number of fused-ring (bicyclic) bond motifs is 1. The van der Waals surface area contributed by atoms with Crippen molar-refractivity contribution in [2.75, 3.05) is 12.4 Å². The lowest BCUT2D eigenvalue weighted by atomic mass is 10.2. The molecular weight excluding hydrogens is 342 g/mol. The zero-order valence-corrected chi connectivity index (χ0v) is 14.5. The second-order valence-electron chi connectivity index (χ2n) is 5.78. The molecule has 0 bridgehead atoms. The second kappa shape index (κ2) is 7.09. The maximum atomic E-state index is 6.92. The van der Waals surface area contributed by atoms with E-state index in [1.165, 1.54) is 12.4 Å². The number of anilines is 2. The summed E-state index contributed by atoms with van der Waals surface area (Å²) in [5, 5.41) is 3.10. The average Bonchev–Trinajstić information content (AvgIpc) is 3.11. The molecule has 3 aromatic heterocycles. The lowest BCUT2D eigenvalue weighted by molar-refractivity contribution is 0.414. The predicted octanol–water partition coefficient (Wildman–Crippen LogP) is 3.57. The Morgan fingerprint density at radius 1 is 1.04 bits per heavy atom. The van der Waals surface area contributed by atoms with Crippen molar-refractivity contribution in [1.82, 2.24) is 24.5 Å². The number of aromatic nitrogens is 5. The standard InChI is InChI=1S/C19H15N7O/c1-20-18-9-23-19(10-22-18)25-17-7-16-15(8-21-17)24-12-26(16)11-13-3-5-14(27-2)6-4-13/h3-10,12H,11H2,2H3,(H,21,23,25). The first-order chi connectivity index (χ1) is 13.2. The van der Waals surface area contributed by atoms with E-state index in [1.807, 2.05) is 30.3 Å². The number of rotatable bonds is 5. The summed E-state index contributed by atoms with van der Waals surface area (Å²) in [6.07, 6.45) is 6.43. The van der Waals surface area contributed by atoms with Crippen molar-refractivity contribution in [2.24, 2.45) is 0 Å². The fraction of sp³-hybridized carbons (Fsp3) is 0.105. The summed E-state index contributed by atoms with van der Waals surface area (Å²) in [5.41, 5.74) is 2.90. The van der Waals surface area contributed by atoms with E-state index in [1.54, 1.807) is 19.6 Å². The molecular formula is C19H15N7O. The molecule has 0 atom stereocenters. The van der Waals surface area contributed by atoms with Crippen molar-refractivity contribution in [3.63, 3.8) is 0 Å². The Bertz CT molecular complexity index is 1110. The van der Waals surface area contributed by atoms with Crippen LogP contribution in [0.1, 0.15) is 5.56 Å². The van der Waals surface area contributed by atoms with E-state index in [-0.39, 0.29) is 5.82 Å². The molecule has 3 heterocycles. The molecule has 132 valence electrons. The van der Waals surface area contributed by atoms with Crippen LogP contribution in [-0.4, -0.2) is 31.6 Å². The third kappa shape index (κ3) is 3.52. The highest BCUT2D eigenvalue weighted by Gasteiger charge is 2.07. The van der Waals surface area contributed by atoms with E-state index < -0.39 is 0 Å². The van der Waals surface area contributed by atoms with E-state index in [4.69, 9.17) is 11.3 Å². The largest absolute Gasteiger partial charge is 0.497 e. The summed E-state index contributed by atoms with van der Waals surface area (Å²) in [7, 11) is 1.65. The van der Waals surface area contributed by atoms with Crippen molar-refractivity contribution < 1.29 is 4.74 Å². The molecule has 0 spiro atoms. The molecule has 0 saturated carbocycles. The summed E-state index contributed by atoms with van der Waals surface area (Å²) >= 11 is 0. The second-order valence-corrected chi connectivity index (χ2v) is 5.78. The van der Waals surface area contributed by atoms with Crippen molar-refractivity contribution in [3.05, 3.63) is 72.2 Å². The number of ether oxygens (including phenoxy) is 1. The Morgan fingerprint density at radius 3 is 2.56 bits per heavy atom. The molecule has 0 radical (unpaired) electrons. The van der Waals surface area contributed by atoms with Gasteiger partial charge in [-0.2, -0.15) is 0 Å². The normalized spacial score (nSPS) is 10.5. The van der Waals surface area contributed by atoms with Gasteiger partial charge in [0.15, 0.2) is 12.0 Å². The quantitative estimate of drug-likeness (QED) is 0.550. The maximum absolute atomic E-state index is 6.92. The van der Waals surface area contributed by atoms with Gasteiger partial charge in [-0.15, -0.1) is 4.98 Å². The first kappa shape index (κ1) is 16.5. The van der Waals surface area contributed by atoms with Crippen LogP contribution in [0.2, 0.25) is 0 Å². The van der Waals surface area contributed by atoms with Gasteiger partial charge < -0.3 is 19.5 Å². The highest BCUT2D eigenvalue weighted by atomic mass is 16.5. The van der Waals surface area contributed by atoms with Crippen molar-refractivity contribution in [3.8, 4) is 5.75 Å². The van der Waals surface area contributed by atoms with Crippen LogP contribution in [0.25, 0.3) is 15.9 Å². The summed E-state index contributed by atoms with van der Waals surface area (Å²) < 4.78 is 7.25. The minimum atomic E-state index is 0.251. The first-order valence-electron chi connectivity index (χ1n) is 8.15. The topological polar surface area (TPSA) is 82.1 Å². The van der Waals surface area contributed by atoms with Crippen molar-refractivity contribution in [2.45, 2.75) is 6.54 Å². The Morgan fingerprint density at radius 2 is 1.85 bits per heavy atom. The zero-order valence-electron chi connectivity index (χ0n) is 14.5. The number of hydrogen-bond acceptors (Lipinski definition) is 6. The van der Waals surface area contributed by atoms with Crippen LogP contribution in [0, 0.1) is 6.57 Å². The van der Waals surface area contributed by atoms with Gasteiger partial charge in [-0.05, 0) is 17.7 Å². The van der Waals surface area contributed by atoms with Gasteiger partial charge in [-0.3, -0.25) is 0 Å². The van der Waals surface area contributed by atoms with Gasteiger partial charge in [-0.25, -0.2) is 15.0 Å². The molecule has 4 rings (SSSR count). The molecule has 4 aromatic rings. The van der Waals surface area contributed by atoms with Gasteiger partial charge >= 0.3 is 0 Å². The smallest absolute Gasteiger partial charge is 0.288 e. The van der Waals surface area contributed by atoms with Gasteiger partial charge in [0.1, 0.15) is 17.1 Å². The number of benzene rings is 1. The lowest BCUT2D eigenvalue weighted by Gasteiger charge is -2.07. The Balaban J connectivity index is 1.59. The van der Waals surface area contributed by atoms with Crippen LogP contribution < -0.4 is 10.1 Å². The van der Waals surface area contributed by atoms with E-state index in [0.29, 0.717) is 18.2 Å². The van der Waals surface area contributed by atoms with E-state index in [0.717, 1.165) is 22.3 Å². The number of methoxy groups -OCH3 is 1. The average molecular weight is 357 g/mol. The van der Waals surface area contributed by atoms with Gasteiger partial charge in [0.2, 0.25) is 0 Å². The summed E-state index contributed by atoms with van der Waals surface area (Å²) in [4.78, 5) is 20.1. The molecule has 1 N–H and O–H groups in total. The molecule has 0 aliphatic carbocycles. The number of nitrogens with zero attached hydrogens (tertiary/aromatic N) is 6. The van der Waals surface area contributed by atoms with E-state index >= 15 is 0 Å². The zero-order chi connectivity index (χ0) is 18.6. The minimum absolute atomic E-state index is 0.251. The number of imidazole rings is 1. The Kier molecular flexibility index (Phi) is 4.33. The van der Waals surface area contributed by atoms with Crippen LogP contribution in [0.3, 0.4) is 0 Å². The molecule has 0 saturated heterocycles. The minimum Gasteiger partial charge on any atom is -0.497 e. The number of nitrogens with one attached hydrogen (secondary N) is 1. The summed E-state index contributed by atoms with van der Waals surface area (Å²) in [5.74, 6) is 2.23. The molecule has 1 aromatic carbocycles. The van der Waals surface area contributed by atoms with Crippen LogP contribution in [0.4, 0.5) is 17.5 Å². The highest BCUT2D eigenvalue weighted by molar-refractivity contribution is 5.78. The van der Waals surface area contributed by atoms with Crippen LogP contribution in [0.15, 0.2) is 55.2 Å². The van der Waals surface area contributed by atoms with Gasteiger partial charge in [0.05, 0.1) is 31.3 Å². The third-order valence-electron chi connectivity index (χ3n) is 4.03. The monoisotopic (exact) mass is 357 g/mol. The maximum Gasteiger partial charge on any atom is 0.288 e. The number of pyridine rings is 1. The van der Waals surface area contributed by atoms with Crippen molar-refractivity contribution in [1.29, 1.82) is 0 Å². The molecule has 0 unspecified atom stereocenters. The Hall–Kier alpha value is -3.99. The fourth-order valence-corrected chi connectivity index (χ4v) is 2.66. The molecule has 8 nitrogen and oxygen atoms in total. The molecule has 0 aliphatic rings.